The van der Waals surface area contributed by atoms with Gasteiger partial charge in [-0.1, -0.05) is 42.5 Å². The highest BCUT2D eigenvalue weighted by atomic mass is 32.2. The van der Waals surface area contributed by atoms with Crippen LogP contribution in [0.2, 0.25) is 0 Å². The normalized spacial score (nSPS) is 10.7. The summed E-state index contributed by atoms with van der Waals surface area (Å²) in [4.78, 5) is 29.3. The lowest BCUT2D eigenvalue weighted by Crippen LogP contribution is -2.31. The molecule has 0 spiro atoms. The van der Waals surface area contributed by atoms with E-state index in [0.29, 0.717) is 22.1 Å². The van der Waals surface area contributed by atoms with E-state index < -0.39 is 5.97 Å². The van der Waals surface area contributed by atoms with Crippen LogP contribution < -0.4 is 5.32 Å². The maximum absolute atomic E-state index is 12.5. The Morgan fingerprint density at radius 1 is 1.10 bits per heavy atom. The second-order valence-electron chi connectivity index (χ2n) is 6.57. The molecule has 150 valence electrons. The van der Waals surface area contributed by atoms with Crippen molar-refractivity contribution >= 4 is 23.6 Å². The molecule has 0 atom stereocenters. The Morgan fingerprint density at radius 2 is 1.83 bits per heavy atom. The average molecular weight is 410 g/mol. The molecule has 7 heteroatoms. The number of thioether (sulfide) groups is 1. The summed E-state index contributed by atoms with van der Waals surface area (Å²) in [5.74, 6) is 0.587. The predicted molar refractivity (Wildman–Crippen MR) is 112 cm³/mol. The predicted octanol–water partition coefficient (Wildman–Crippen LogP) is 4.32. The number of ether oxygens (including phenoxy) is 1. The SMILES string of the molecule is CC(C)NC(=O)CSc1ccccc1C(=O)OCc1ncc(-c2ccccc2)o1. The van der Waals surface area contributed by atoms with Gasteiger partial charge in [0.2, 0.25) is 11.8 Å². The van der Waals surface area contributed by atoms with Gasteiger partial charge in [0.15, 0.2) is 12.4 Å². The molecule has 0 saturated heterocycles. The van der Waals surface area contributed by atoms with Crippen LogP contribution in [-0.4, -0.2) is 28.7 Å². The van der Waals surface area contributed by atoms with Gasteiger partial charge in [-0.25, -0.2) is 9.78 Å². The Kier molecular flexibility index (Phi) is 7.08. The van der Waals surface area contributed by atoms with Crippen LogP contribution in [0.15, 0.2) is 70.1 Å². The largest absolute Gasteiger partial charge is 0.452 e. The third-order valence-electron chi connectivity index (χ3n) is 3.85. The Balaban J connectivity index is 1.60. The summed E-state index contributed by atoms with van der Waals surface area (Å²) in [5.41, 5.74) is 1.31. The van der Waals surface area contributed by atoms with Crippen LogP contribution in [0.5, 0.6) is 0 Å². The Bertz CT molecular complexity index is 970. The maximum atomic E-state index is 12.5. The lowest BCUT2D eigenvalue weighted by molar-refractivity contribution is -0.119. The molecule has 3 rings (SSSR count). The molecule has 2 aromatic carbocycles. The molecule has 0 saturated carbocycles. The smallest absolute Gasteiger partial charge is 0.339 e. The van der Waals surface area contributed by atoms with E-state index in [1.165, 1.54) is 11.8 Å². The van der Waals surface area contributed by atoms with E-state index in [1.54, 1.807) is 24.4 Å². The number of esters is 1. The van der Waals surface area contributed by atoms with Crippen molar-refractivity contribution in [3.05, 3.63) is 72.2 Å². The number of benzene rings is 2. The lowest BCUT2D eigenvalue weighted by Gasteiger charge is -2.10. The molecule has 1 heterocycles. The van der Waals surface area contributed by atoms with Gasteiger partial charge < -0.3 is 14.5 Å². The Labute approximate surface area is 173 Å². The highest BCUT2D eigenvalue weighted by Crippen LogP contribution is 2.24. The highest BCUT2D eigenvalue weighted by Gasteiger charge is 2.16. The van der Waals surface area contributed by atoms with Gasteiger partial charge in [0.1, 0.15) is 0 Å². The van der Waals surface area contributed by atoms with Crippen molar-refractivity contribution < 1.29 is 18.7 Å². The minimum Gasteiger partial charge on any atom is -0.452 e. The van der Waals surface area contributed by atoms with Gasteiger partial charge in [-0.2, -0.15) is 0 Å². The average Bonchev–Trinajstić information content (AvgIpc) is 3.20. The van der Waals surface area contributed by atoms with Crippen molar-refractivity contribution in [3.63, 3.8) is 0 Å². The Hall–Kier alpha value is -3.06. The number of nitrogens with one attached hydrogen (secondary N) is 1. The summed E-state index contributed by atoms with van der Waals surface area (Å²) in [7, 11) is 0. The third kappa shape index (κ3) is 5.96. The molecule has 0 aliphatic heterocycles. The van der Waals surface area contributed by atoms with E-state index in [2.05, 4.69) is 10.3 Å². The van der Waals surface area contributed by atoms with E-state index in [0.717, 1.165) is 5.56 Å². The molecule has 0 bridgehead atoms. The summed E-state index contributed by atoms with van der Waals surface area (Å²) in [6.45, 7) is 3.73. The molecule has 0 fully saturated rings. The molecule has 1 aromatic heterocycles. The quantitative estimate of drug-likeness (QED) is 0.440. The van der Waals surface area contributed by atoms with E-state index in [-0.39, 0.29) is 24.3 Å². The molecular formula is C22H22N2O4S. The van der Waals surface area contributed by atoms with E-state index in [4.69, 9.17) is 9.15 Å². The number of rotatable bonds is 8. The van der Waals surface area contributed by atoms with Crippen molar-refractivity contribution in [2.24, 2.45) is 0 Å². The third-order valence-corrected chi connectivity index (χ3v) is 4.93. The van der Waals surface area contributed by atoms with Crippen molar-refractivity contribution in [1.82, 2.24) is 10.3 Å². The summed E-state index contributed by atoms with van der Waals surface area (Å²) >= 11 is 1.30. The maximum Gasteiger partial charge on any atom is 0.339 e. The molecule has 1 amide bonds. The first-order valence-electron chi connectivity index (χ1n) is 9.21. The fraction of sp³-hybridized carbons (Fsp3) is 0.227. The van der Waals surface area contributed by atoms with Crippen molar-refractivity contribution in [1.29, 1.82) is 0 Å². The van der Waals surface area contributed by atoms with Crippen LogP contribution in [-0.2, 0) is 16.1 Å². The Morgan fingerprint density at radius 3 is 2.59 bits per heavy atom. The zero-order chi connectivity index (χ0) is 20.6. The monoisotopic (exact) mass is 410 g/mol. The molecule has 6 nitrogen and oxygen atoms in total. The molecule has 0 aliphatic carbocycles. The van der Waals surface area contributed by atoms with E-state index in [9.17, 15) is 9.59 Å². The summed E-state index contributed by atoms with van der Waals surface area (Å²) in [6.07, 6.45) is 1.61. The molecule has 1 N–H and O–H groups in total. The topological polar surface area (TPSA) is 81.4 Å². The first-order valence-corrected chi connectivity index (χ1v) is 10.2. The summed E-state index contributed by atoms with van der Waals surface area (Å²) < 4.78 is 11.0. The van der Waals surface area contributed by atoms with Gasteiger partial charge in [-0.05, 0) is 26.0 Å². The first kappa shape index (κ1) is 20.7. The highest BCUT2D eigenvalue weighted by molar-refractivity contribution is 8.00. The molecule has 3 aromatic rings. The zero-order valence-electron chi connectivity index (χ0n) is 16.3. The van der Waals surface area contributed by atoms with Gasteiger partial charge in [-0.15, -0.1) is 11.8 Å². The molecule has 0 radical (unpaired) electrons. The van der Waals surface area contributed by atoms with Crippen LogP contribution >= 0.6 is 11.8 Å². The van der Waals surface area contributed by atoms with Gasteiger partial charge in [0.05, 0.1) is 17.5 Å². The molecular weight excluding hydrogens is 388 g/mol. The van der Waals surface area contributed by atoms with Crippen LogP contribution in [0.4, 0.5) is 0 Å². The fourth-order valence-electron chi connectivity index (χ4n) is 2.59. The summed E-state index contributed by atoms with van der Waals surface area (Å²) in [5, 5.41) is 2.83. The van der Waals surface area contributed by atoms with Gasteiger partial charge in [0.25, 0.3) is 0 Å². The summed E-state index contributed by atoms with van der Waals surface area (Å²) in [6, 6.07) is 16.7. The van der Waals surface area contributed by atoms with Gasteiger partial charge in [-0.3, -0.25) is 4.79 Å². The van der Waals surface area contributed by atoms with E-state index in [1.807, 2.05) is 50.2 Å². The first-order chi connectivity index (χ1) is 14.0. The molecule has 29 heavy (non-hydrogen) atoms. The van der Waals surface area contributed by atoms with Crippen molar-refractivity contribution in [2.45, 2.75) is 31.4 Å². The zero-order valence-corrected chi connectivity index (χ0v) is 17.1. The standard InChI is InChI=1S/C22H22N2O4S/c1-15(2)24-20(25)14-29-19-11-7-6-10-17(19)22(26)27-13-21-23-12-18(28-21)16-8-4-3-5-9-16/h3-12,15H,13-14H2,1-2H3,(H,24,25). The van der Waals surface area contributed by atoms with Gasteiger partial charge in [0, 0.05) is 16.5 Å². The molecule has 0 aliphatic rings. The van der Waals surface area contributed by atoms with Crippen LogP contribution in [0.3, 0.4) is 0 Å². The number of carbonyl (C=O) groups excluding carboxylic acids is 2. The number of amides is 1. The fourth-order valence-corrected chi connectivity index (χ4v) is 3.44. The van der Waals surface area contributed by atoms with Crippen LogP contribution in [0, 0.1) is 0 Å². The number of oxazole rings is 1. The second kappa shape index (κ2) is 9.93. The number of nitrogens with zero attached hydrogens (tertiary/aromatic N) is 1. The number of aromatic nitrogens is 1. The number of carbonyl (C=O) groups is 2. The molecule has 0 unspecified atom stereocenters. The van der Waals surface area contributed by atoms with Crippen LogP contribution in [0.1, 0.15) is 30.1 Å². The second-order valence-corrected chi connectivity index (χ2v) is 7.58. The number of hydrogen-bond donors (Lipinski definition) is 1. The lowest BCUT2D eigenvalue weighted by atomic mass is 10.2. The van der Waals surface area contributed by atoms with E-state index >= 15 is 0 Å². The minimum absolute atomic E-state index is 0.0709. The van der Waals surface area contributed by atoms with Gasteiger partial charge >= 0.3 is 5.97 Å². The minimum atomic E-state index is -0.489. The number of hydrogen-bond acceptors (Lipinski definition) is 6. The van der Waals surface area contributed by atoms with Crippen LogP contribution in [0.25, 0.3) is 11.3 Å². The van der Waals surface area contributed by atoms with Crippen molar-refractivity contribution in [2.75, 3.05) is 5.75 Å². The van der Waals surface area contributed by atoms with Crippen molar-refractivity contribution in [3.8, 4) is 11.3 Å².